The number of para-hydroxylation sites is 1. The molecule has 0 aliphatic heterocycles. The first kappa shape index (κ1) is 18.1. The lowest BCUT2D eigenvalue weighted by molar-refractivity contribution is -0.121. The minimum absolute atomic E-state index is 0.109. The Bertz CT molecular complexity index is 1150. The van der Waals surface area contributed by atoms with E-state index in [9.17, 15) is 9.59 Å². The predicted molar refractivity (Wildman–Crippen MR) is 107 cm³/mol. The third kappa shape index (κ3) is 3.99. The molecule has 0 aliphatic carbocycles. The fourth-order valence-corrected chi connectivity index (χ4v) is 3.60. The smallest absolute Gasteiger partial charge is 0.261 e. The minimum Gasteiger partial charge on any atom is -0.356 e. The number of fused-ring (bicyclic) bond motifs is 1. The maximum Gasteiger partial charge on any atom is 0.261 e. The fourth-order valence-electron chi connectivity index (χ4n) is 2.80. The molecule has 0 unspecified atom stereocenters. The van der Waals surface area contributed by atoms with E-state index in [1.807, 2.05) is 23.7 Å². The number of hydrogen-bond acceptors (Lipinski definition) is 6. The van der Waals surface area contributed by atoms with Crippen LogP contribution in [0.15, 0.2) is 59.2 Å². The van der Waals surface area contributed by atoms with Crippen molar-refractivity contribution in [3.63, 3.8) is 0 Å². The number of hydrogen-bond donors (Lipinski definition) is 1. The maximum absolute atomic E-state index is 12.4. The minimum atomic E-state index is -0.132. The van der Waals surface area contributed by atoms with Gasteiger partial charge in [-0.15, -0.1) is 11.3 Å². The van der Waals surface area contributed by atoms with Crippen LogP contribution < -0.4 is 10.9 Å². The van der Waals surface area contributed by atoms with Crippen LogP contribution >= 0.6 is 11.3 Å². The van der Waals surface area contributed by atoms with Crippen LogP contribution in [-0.2, 0) is 17.8 Å². The van der Waals surface area contributed by atoms with E-state index < -0.39 is 0 Å². The lowest BCUT2D eigenvalue weighted by Crippen LogP contribution is -2.29. The Kier molecular flexibility index (Phi) is 5.24. The SMILES string of the molecule is O=C(CCn1cnc2ccccc2c1=O)NCCc1csc(-n2cccn2)n1. The summed E-state index contributed by atoms with van der Waals surface area (Å²) in [5.41, 5.74) is 1.43. The highest BCUT2D eigenvalue weighted by molar-refractivity contribution is 7.12. The molecular formula is C19H18N6O2S. The number of carbonyl (C=O) groups excluding carboxylic acids is 1. The molecule has 4 aromatic rings. The first-order valence-corrected chi connectivity index (χ1v) is 9.74. The van der Waals surface area contributed by atoms with E-state index >= 15 is 0 Å². The lowest BCUT2D eigenvalue weighted by atomic mass is 10.2. The molecule has 1 N–H and O–H groups in total. The summed E-state index contributed by atoms with van der Waals surface area (Å²) in [6, 6.07) is 9.03. The molecule has 9 heteroatoms. The van der Waals surface area contributed by atoms with Gasteiger partial charge in [-0.05, 0) is 18.2 Å². The van der Waals surface area contributed by atoms with E-state index in [-0.39, 0.29) is 17.9 Å². The molecule has 28 heavy (non-hydrogen) atoms. The molecule has 0 fully saturated rings. The average Bonchev–Trinajstić information content (AvgIpc) is 3.39. The normalized spacial score (nSPS) is 11.0. The zero-order valence-corrected chi connectivity index (χ0v) is 15.8. The molecule has 142 valence electrons. The highest BCUT2D eigenvalue weighted by Gasteiger charge is 2.08. The van der Waals surface area contributed by atoms with E-state index in [0.29, 0.717) is 30.4 Å². The van der Waals surface area contributed by atoms with Crippen molar-refractivity contribution in [1.29, 1.82) is 0 Å². The molecule has 1 aromatic carbocycles. The van der Waals surface area contributed by atoms with Crippen molar-refractivity contribution in [1.82, 2.24) is 29.6 Å². The first-order chi connectivity index (χ1) is 13.7. The van der Waals surface area contributed by atoms with E-state index in [1.165, 1.54) is 22.2 Å². The molecule has 8 nitrogen and oxygen atoms in total. The Labute approximate surface area is 164 Å². The predicted octanol–water partition coefficient (Wildman–Crippen LogP) is 1.79. The van der Waals surface area contributed by atoms with E-state index in [0.717, 1.165) is 10.8 Å². The van der Waals surface area contributed by atoms with Gasteiger partial charge < -0.3 is 5.32 Å². The van der Waals surface area contributed by atoms with Crippen LogP contribution in [0.1, 0.15) is 12.1 Å². The molecule has 3 heterocycles. The van der Waals surface area contributed by atoms with Crippen molar-refractivity contribution in [2.24, 2.45) is 0 Å². The Morgan fingerprint density at radius 1 is 1.21 bits per heavy atom. The maximum atomic E-state index is 12.4. The number of aromatic nitrogens is 5. The van der Waals surface area contributed by atoms with Gasteiger partial charge in [0.25, 0.3) is 5.56 Å². The van der Waals surface area contributed by atoms with Gasteiger partial charge in [0.1, 0.15) is 0 Å². The number of aryl methyl sites for hydroxylation is 1. The molecule has 0 atom stereocenters. The van der Waals surface area contributed by atoms with Gasteiger partial charge in [-0.2, -0.15) is 5.10 Å². The van der Waals surface area contributed by atoms with Gasteiger partial charge in [0.15, 0.2) is 0 Å². The number of nitrogens with one attached hydrogen (secondary N) is 1. The second-order valence-electron chi connectivity index (χ2n) is 6.18. The van der Waals surface area contributed by atoms with Gasteiger partial charge >= 0.3 is 0 Å². The summed E-state index contributed by atoms with van der Waals surface area (Å²) < 4.78 is 3.18. The standard InChI is InChI=1S/C19H18N6O2S/c26-17(7-11-24-13-21-16-5-2-1-4-15(16)18(24)27)20-9-6-14-12-28-19(23-14)25-10-3-8-22-25/h1-5,8,10,12-13H,6-7,9,11H2,(H,20,26). The summed E-state index contributed by atoms with van der Waals surface area (Å²) in [6.07, 6.45) is 5.90. The fraction of sp³-hybridized carbons (Fsp3) is 0.211. The van der Waals surface area contributed by atoms with Crippen LogP contribution in [-0.4, -0.2) is 36.8 Å². The van der Waals surface area contributed by atoms with E-state index in [1.54, 1.807) is 29.1 Å². The van der Waals surface area contributed by atoms with E-state index in [2.05, 4.69) is 20.4 Å². The number of thiazole rings is 1. The monoisotopic (exact) mass is 394 g/mol. The Morgan fingerprint density at radius 3 is 2.96 bits per heavy atom. The third-order valence-electron chi connectivity index (χ3n) is 4.25. The van der Waals surface area contributed by atoms with Gasteiger partial charge in [0.05, 0.1) is 22.9 Å². The highest BCUT2D eigenvalue weighted by atomic mass is 32.1. The van der Waals surface area contributed by atoms with Gasteiger partial charge in [0.2, 0.25) is 11.0 Å². The number of benzene rings is 1. The summed E-state index contributed by atoms with van der Waals surface area (Å²) >= 11 is 1.51. The first-order valence-electron chi connectivity index (χ1n) is 8.86. The zero-order chi connectivity index (χ0) is 19.3. The van der Waals surface area contributed by atoms with Crippen LogP contribution in [0.5, 0.6) is 0 Å². The molecule has 0 saturated carbocycles. The van der Waals surface area contributed by atoms with Crippen molar-refractivity contribution in [3.05, 3.63) is 70.5 Å². The Hall–Kier alpha value is -3.33. The number of carbonyl (C=O) groups is 1. The number of amides is 1. The van der Waals surface area contributed by atoms with Crippen molar-refractivity contribution in [3.8, 4) is 5.13 Å². The lowest BCUT2D eigenvalue weighted by Gasteiger charge is -2.07. The molecular weight excluding hydrogens is 376 g/mol. The molecule has 3 aromatic heterocycles. The largest absolute Gasteiger partial charge is 0.356 e. The second-order valence-corrected chi connectivity index (χ2v) is 7.02. The molecule has 0 spiro atoms. The van der Waals surface area contributed by atoms with Crippen LogP contribution in [0, 0.1) is 0 Å². The second kappa shape index (κ2) is 8.13. The van der Waals surface area contributed by atoms with Crippen molar-refractivity contribution in [2.75, 3.05) is 6.54 Å². The van der Waals surface area contributed by atoms with Gasteiger partial charge in [-0.25, -0.2) is 14.6 Å². The highest BCUT2D eigenvalue weighted by Crippen LogP contribution is 2.13. The van der Waals surface area contributed by atoms with Gasteiger partial charge in [0, 0.05) is 43.7 Å². The van der Waals surface area contributed by atoms with Crippen molar-refractivity contribution in [2.45, 2.75) is 19.4 Å². The number of rotatable bonds is 7. The zero-order valence-electron chi connectivity index (χ0n) is 15.0. The molecule has 4 rings (SSSR count). The molecule has 1 amide bonds. The van der Waals surface area contributed by atoms with Gasteiger partial charge in [-0.3, -0.25) is 14.2 Å². The summed E-state index contributed by atoms with van der Waals surface area (Å²) in [7, 11) is 0. The van der Waals surface area contributed by atoms with Crippen LogP contribution in [0.2, 0.25) is 0 Å². The Morgan fingerprint density at radius 2 is 2.11 bits per heavy atom. The topological polar surface area (TPSA) is 94.7 Å². The summed E-state index contributed by atoms with van der Waals surface area (Å²) in [5.74, 6) is -0.109. The molecule has 0 bridgehead atoms. The van der Waals surface area contributed by atoms with Crippen LogP contribution in [0.25, 0.3) is 16.0 Å². The average molecular weight is 394 g/mol. The van der Waals surface area contributed by atoms with Crippen LogP contribution in [0.4, 0.5) is 0 Å². The summed E-state index contributed by atoms with van der Waals surface area (Å²) in [4.78, 5) is 33.3. The summed E-state index contributed by atoms with van der Waals surface area (Å²) in [5, 5.41) is 10.3. The third-order valence-corrected chi connectivity index (χ3v) is 5.13. The Balaban J connectivity index is 1.27. The molecule has 0 aliphatic rings. The quantitative estimate of drug-likeness (QED) is 0.516. The van der Waals surface area contributed by atoms with Crippen LogP contribution in [0.3, 0.4) is 0 Å². The molecule has 0 saturated heterocycles. The van der Waals surface area contributed by atoms with Crippen molar-refractivity contribution >= 4 is 28.1 Å². The van der Waals surface area contributed by atoms with E-state index in [4.69, 9.17) is 0 Å². The summed E-state index contributed by atoms with van der Waals surface area (Å²) in [6.45, 7) is 0.786. The number of nitrogens with zero attached hydrogens (tertiary/aromatic N) is 5. The van der Waals surface area contributed by atoms with Gasteiger partial charge in [-0.1, -0.05) is 12.1 Å². The van der Waals surface area contributed by atoms with Crippen molar-refractivity contribution < 1.29 is 4.79 Å². The molecule has 0 radical (unpaired) electrons.